The van der Waals surface area contributed by atoms with Crippen molar-refractivity contribution in [1.29, 1.82) is 0 Å². The molecule has 2 aromatic rings. The molecule has 6 heteroatoms. The Hall–Kier alpha value is -2.34. The molecule has 1 aromatic heterocycles. The van der Waals surface area contributed by atoms with Gasteiger partial charge in [-0.15, -0.1) is 11.3 Å². The molecule has 0 saturated carbocycles. The standard InChI is InChI=1S/C18H21N3O2S/c1-12-7-8-14(24-12)11-21(2)18(23)19-10-13-9-17(22)20-16-6-4-3-5-15(13)16/h3-8,13H,9-11H2,1-2H3,(H,19,23)(H,20,22)/t13-/m0/s1. The summed E-state index contributed by atoms with van der Waals surface area (Å²) in [5.74, 6) is 0.00615. The monoisotopic (exact) mass is 343 g/mol. The summed E-state index contributed by atoms with van der Waals surface area (Å²) in [6, 6.07) is 11.7. The van der Waals surface area contributed by atoms with Crippen LogP contribution in [0.3, 0.4) is 0 Å². The fourth-order valence-electron chi connectivity index (χ4n) is 2.91. The van der Waals surface area contributed by atoms with Gasteiger partial charge >= 0.3 is 6.03 Å². The highest BCUT2D eigenvalue weighted by atomic mass is 32.1. The van der Waals surface area contributed by atoms with Crippen molar-refractivity contribution in [3.05, 3.63) is 51.7 Å². The molecular formula is C18H21N3O2S. The van der Waals surface area contributed by atoms with Crippen molar-refractivity contribution < 1.29 is 9.59 Å². The van der Waals surface area contributed by atoms with Gasteiger partial charge in [-0.1, -0.05) is 18.2 Å². The molecule has 3 amide bonds. The maximum absolute atomic E-state index is 12.3. The molecule has 24 heavy (non-hydrogen) atoms. The quantitative estimate of drug-likeness (QED) is 0.894. The van der Waals surface area contributed by atoms with Crippen LogP contribution in [0.15, 0.2) is 36.4 Å². The molecule has 2 heterocycles. The van der Waals surface area contributed by atoms with Gasteiger partial charge < -0.3 is 15.5 Å². The van der Waals surface area contributed by atoms with Gasteiger partial charge in [0.25, 0.3) is 0 Å². The van der Waals surface area contributed by atoms with Gasteiger partial charge in [-0.25, -0.2) is 4.79 Å². The van der Waals surface area contributed by atoms with E-state index in [0.717, 1.165) is 16.1 Å². The molecule has 1 aliphatic rings. The average molecular weight is 343 g/mol. The number of nitrogens with one attached hydrogen (secondary N) is 2. The molecule has 0 spiro atoms. The van der Waals surface area contributed by atoms with Crippen molar-refractivity contribution in [2.75, 3.05) is 18.9 Å². The van der Waals surface area contributed by atoms with Crippen molar-refractivity contribution in [2.24, 2.45) is 0 Å². The van der Waals surface area contributed by atoms with Crippen LogP contribution in [-0.2, 0) is 11.3 Å². The van der Waals surface area contributed by atoms with Gasteiger partial charge in [-0.05, 0) is 30.7 Å². The lowest BCUT2D eigenvalue weighted by Gasteiger charge is -2.26. The van der Waals surface area contributed by atoms with Crippen molar-refractivity contribution in [3.63, 3.8) is 0 Å². The van der Waals surface area contributed by atoms with Crippen molar-refractivity contribution in [3.8, 4) is 0 Å². The van der Waals surface area contributed by atoms with E-state index in [2.05, 4.69) is 23.6 Å². The predicted molar refractivity (Wildman–Crippen MR) is 96.4 cm³/mol. The summed E-state index contributed by atoms with van der Waals surface area (Å²) in [6.45, 7) is 3.10. The van der Waals surface area contributed by atoms with Crippen LogP contribution in [0.2, 0.25) is 0 Å². The molecule has 2 N–H and O–H groups in total. The van der Waals surface area contributed by atoms with E-state index in [-0.39, 0.29) is 17.9 Å². The first-order chi connectivity index (χ1) is 11.5. The third kappa shape index (κ3) is 3.76. The van der Waals surface area contributed by atoms with E-state index >= 15 is 0 Å². The number of hydrogen-bond donors (Lipinski definition) is 2. The lowest BCUT2D eigenvalue weighted by molar-refractivity contribution is -0.116. The minimum atomic E-state index is -0.121. The summed E-state index contributed by atoms with van der Waals surface area (Å²) in [7, 11) is 1.78. The van der Waals surface area contributed by atoms with Crippen LogP contribution in [0, 0.1) is 6.92 Å². The lowest BCUT2D eigenvalue weighted by atomic mass is 9.90. The van der Waals surface area contributed by atoms with E-state index in [1.807, 2.05) is 30.3 Å². The lowest BCUT2D eigenvalue weighted by Crippen LogP contribution is -2.40. The number of amides is 3. The first kappa shape index (κ1) is 16.5. The van der Waals surface area contributed by atoms with E-state index in [9.17, 15) is 9.59 Å². The van der Waals surface area contributed by atoms with Crippen LogP contribution in [0.1, 0.15) is 27.7 Å². The van der Waals surface area contributed by atoms with E-state index < -0.39 is 0 Å². The number of fused-ring (bicyclic) bond motifs is 1. The van der Waals surface area contributed by atoms with Gasteiger partial charge in [-0.3, -0.25) is 4.79 Å². The third-order valence-corrected chi connectivity index (χ3v) is 5.13. The fourth-order valence-corrected chi connectivity index (χ4v) is 3.85. The molecule has 1 aromatic carbocycles. The predicted octanol–water partition coefficient (Wildman–Crippen LogP) is 3.32. The van der Waals surface area contributed by atoms with Crippen molar-refractivity contribution in [2.45, 2.75) is 25.8 Å². The minimum Gasteiger partial charge on any atom is -0.337 e. The Labute approximate surface area is 145 Å². The summed E-state index contributed by atoms with van der Waals surface area (Å²) in [5.41, 5.74) is 1.92. The molecule has 0 radical (unpaired) electrons. The zero-order valence-electron chi connectivity index (χ0n) is 13.8. The van der Waals surface area contributed by atoms with Crippen molar-refractivity contribution >= 4 is 29.0 Å². The summed E-state index contributed by atoms with van der Waals surface area (Å²) in [5, 5.41) is 5.83. The smallest absolute Gasteiger partial charge is 0.317 e. The average Bonchev–Trinajstić information content (AvgIpc) is 2.97. The minimum absolute atomic E-state index is 0.00429. The Morgan fingerprint density at radius 3 is 2.88 bits per heavy atom. The number of thiophene rings is 1. The first-order valence-electron chi connectivity index (χ1n) is 7.96. The maximum atomic E-state index is 12.3. The first-order valence-corrected chi connectivity index (χ1v) is 8.77. The molecule has 0 saturated heterocycles. The van der Waals surface area contributed by atoms with E-state index in [4.69, 9.17) is 0 Å². The Morgan fingerprint density at radius 1 is 1.33 bits per heavy atom. The van der Waals surface area contributed by atoms with Crippen LogP contribution in [0.4, 0.5) is 10.5 Å². The van der Waals surface area contributed by atoms with Gasteiger partial charge in [-0.2, -0.15) is 0 Å². The second kappa shape index (κ2) is 7.05. The SMILES string of the molecule is Cc1ccc(CN(C)C(=O)NC[C@@H]2CC(=O)Nc3ccccc32)s1. The number of para-hydroxylation sites is 1. The normalized spacial score (nSPS) is 16.2. The van der Waals surface area contributed by atoms with Crippen LogP contribution >= 0.6 is 11.3 Å². The summed E-state index contributed by atoms with van der Waals surface area (Å²) in [6.07, 6.45) is 0.394. The second-order valence-electron chi connectivity index (χ2n) is 6.09. The zero-order valence-corrected chi connectivity index (χ0v) is 14.7. The Kier molecular flexibility index (Phi) is 4.85. The molecule has 0 unspecified atom stereocenters. The molecule has 0 aliphatic carbocycles. The largest absolute Gasteiger partial charge is 0.337 e. The molecule has 126 valence electrons. The summed E-state index contributed by atoms with van der Waals surface area (Å²) >= 11 is 1.70. The number of carbonyl (C=O) groups excluding carboxylic acids is 2. The Balaban J connectivity index is 1.59. The van der Waals surface area contributed by atoms with Crippen molar-refractivity contribution in [1.82, 2.24) is 10.2 Å². The maximum Gasteiger partial charge on any atom is 0.317 e. The summed E-state index contributed by atoms with van der Waals surface area (Å²) in [4.78, 5) is 28.2. The topological polar surface area (TPSA) is 61.4 Å². The van der Waals surface area contributed by atoms with Crippen LogP contribution in [0.25, 0.3) is 0 Å². The van der Waals surface area contributed by atoms with E-state index in [0.29, 0.717) is 19.5 Å². The Morgan fingerprint density at radius 2 is 2.12 bits per heavy atom. The molecule has 1 aliphatic heterocycles. The molecule has 3 rings (SSSR count). The highest BCUT2D eigenvalue weighted by molar-refractivity contribution is 7.11. The number of aryl methyl sites for hydroxylation is 1. The van der Waals surface area contributed by atoms with E-state index in [1.54, 1.807) is 23.3 Å². The number of anilines is 1. The Bertz CT molecular complexity index is 756. The van der Waals surface area contributed by atoms with E-state index in [1.165, 1.54) is 4.88 Å². The molecule has 0 fully saturated rings. The number of urea groups is 1. The molecule has 0 bridgehead atoms. The van der Waals surface area contributed by atoms with Gasteiger partial charge in [0.15, 0.2) is 0 Å². The zero-order chi connectivity index (χ0) is 17.1. The third-order valence-electron chi connectivity index (χ3n) is 4.14. The number of rotatable bonds is 4. The van der Waals surface area contributed by atoms with Crippen LogP contribution < -0.4 is 10.6 Å². The van der Waals surface area contributed by atoms with Crippen LogP contribution in [0.5, 0.6) is 0 Å². The van der Waals surface area contributed by atoms with Gasteiger partial charge in [0, 0.05) is 41.4 Å². The fraction of sp³-hybridized carbons (Fsp3) is 0.333. The van der Waals surface area contributed by atoms with Crippen LogP contribution in [-0.4, -0.2) is 30.4 Å². The molecule has 5 nitrogen and oxygen atoms in total. The number of nitrogens with zero attached hydrogens (tertiary/aromatic N) is 1. The molecular weight excluding hydrogens is 322 g/mol. The number of carbonyl (C=O) groups is 2. The second-order valence-corrected chi connectivity index (χ2v) is 7.46. The highest BCUT2D eigenvalue weighted by Crippen LogP contribution is 2.31. The van der Waals surface area contributed by atoms with Gasteiger partial charge in [0.05, 0.1) is 6.54 Å². The highest BCUT2D eigenvalue weighted by Gasteiger charge is 2.25. The number of benzene rings is 1. The molecule has 1 atom stereocenters. The van der Waals surface area contributed by atoms with Gasteiger partial charge in [0.2, 0.25) is 5.91 Å². The van der Waals surface area contributed by atoms with Gasteiger partial charge in [0.1, 0.15) is 0 Å². The summed E-state index contributed by atoms with van der Waals surface area (Å²) < 4.78 is 0. The number of hydrogen-bond acceptors (Lipinski definition) is 3.